The van der Waals surface area contributed by atoms with Crippen LogP contribution in [0.15, 0.2) is 48.7 Å². The fourth-order valence-electron chi connectivity index (χ4n) is 5.56. The van der Waals surface area contributed by atoms with Crippen LogP contribution in [0.5, 0.6) is 0 Å². The Labute approximate surface area is 277 Å². The van der Waals surface area contributed by atoms with Crippen LogP contribution in [0, 0.1) is 5.92 Å². The van der Waals surface area contributed by atoms with Crippen molar-refractivity contribution in [3.8, 4) is 0 Å². The Balaban J connectivity index is 0.000000771. The molecule has 4 rings (SSSR count). The summed E-state index contributed by atoms with van der Waals surface area (Å²) >= 11 is 6.36. The summed E-state index contributed by atoms with van der Waals surface area (Å²) in [6.45, 7) is 8.39. The first-order valence-electron chi connectivity index (χ1n) is 15.3. The molecule has 4 N–H and O–H groups in total. The molecule has 0 fully saturated rings. The highest BCUT2D eigenvalue weighted by atomic mass is 35.5. The number of nitrogens with zero attached hydrogens (tertiary/aromatic N) is 2. The first-order chi connectivity index (χ1) is 22.1. The second-order valence-electron chi connectivity index (χ2n) is 12.1. The smallest absolute Gasteiger partial charge is 0.475 e. The highest BCUT2D eigenvalue weighted by molar-refractivity contribution is 6.30. The van der Waals surface area contributed by atoms with E-state index in [2.05, 4.69) is 20.5 Å². The van der Waals surface area contributed by atoms with Crippen molar-refractivity contribution in [1.29, 1.82) is 0 Å². The molecule has 2 aromatic carbocycles. The summed E-state index contributed by atoms with van der Waals surface area (Å²) in [6, 6.07) is 12.6. The maximum Gasteiger partial charge on any atom is 0.490 e. The van der Waals surface area contributed by atoms with Gasteiger partial charge < -0.3 is 35.3 Å². The van der Waals surface area contributed by atoms with E-state index in [0.29, 0.717) is 31.1 Å². The average molecular weight is 682 g/mol. The molecule has 2 unspecified atom stereocenters. The Kier molecular flexibility index (Phi) is 13.5. The predicted octanol–water partition coefficient (Wildman–Crippen LogP) is 5.81. The minimum Gasteiger partial charge on any atom is -0.475 e. The molecule has 258 valence electrons. The number of urea groups is 1. The SMILES string of the molecule is CC(C)OCCCNC(=O)NC(C(=O)N1C[C@@H](CN(C)C)Cc2cc(Cl)ccc21)C(C)c1c[nH]c2ccccc12.O=C(O)C(F)(F)F. The minimum absolute atomic E-state index is 0.136. The van der Waals surface area contributed by atoms with Crippen molar-refractivity contribution in [2.24, 2.45) is 5.92 Å². The van der Waals surface area contributed by atoms with E-state index in [9.17, 15) is 22.8 Å². The molecule has 47 heavy (non-hydrogen) atoms. The monoisotopic (exact) mass is 681 g/mol. The number of aromatic amines is 1. The molecule has 1 aliphatic heterocycles. The molecule has 0 aliphatic carbocycles. The van der Waals surface area contributed by atoms with Gasteiger partial charge in [0.25, 0.3) is 0 Å². The van der Waals surface area contributed by atoms with Crippen LogP contribution in [-0.4, -0.2) is 91.6 Å². The summed E-state index contributed by atoms with van der Waals surface area (Å²) in [5.74, 6) is -2.94. The van der Waals surface area contributed by atoms with Crippen molar-refractivity contribution in [1.82, 2.24) is 20.5 Å². The molecule has 1 aromatic heterocycles. The standard InChI is InChI=1S/C31H42ClN5O3.C2HF3O2/c1-20(2)40-14-8-13-33-31(39)35-29(21(3)26-17-34-27-10-7-6-9-25(26)27)30(38)37-19-22(18-36(4)5)15-23-16-24(32)11-12-28(23)37;3-2(4,5)1(6)7/h6-7,9-12,16-17,20-22,29,34H,8,13-15,18-19H2,1-5H3,(H2,33,35,39);(H,6,7)/t21?,22-,29?;/m1./s1. The largest absolute Gasteiger partial charge is 0.490 e. The van der Waals surface area contributed by atoms with E-state index in [-0.39, 0.29) is 29.9 Å². The Morgan fingerprint density at radius 3 is 2.47 bits per heavy atom. The summed E-state index contributed by atoms with van der Waals surface area (Å²) in [5.41, 5.74) is 3.88. The molecule has 3 atom stereocenters. The zero-order valence-corrected chi connectivity index (χ0v) is 27.9. The lowest BCUT2D eigenvalue weighted by Gasteiger charge is -2.38. The van der Waals surface area contributed by atoms with Gasteiger partial charge in [0.1, 0.15) is 6.04 Å². The number of anilines is 1. The molecule has 2 heterocycles. The van der Waals surface area contributed by atoms with E-state index in [1.807, 2.05) is 88.4 Å². The maximum absolute atomic E-state index is 14.4. The van der Waals surface area contributed by atoms with Gasteiger partial charge >= 0.3 is 18.2 Å². The first kappa shape index (κ1) is 37.6. The van der Waals surface area contributed by atoms with Crippen LogP contribution in [0.4, 0.5) is 23.7 Å². The molecular formula is C33H43ClF3N5O5. The van der Waals surface area contributed by atoms with Crippen molar-refractivity contribution >= 4 is 46.1 Å². The number of nitrogens with one attached hydrogen (secondary N) is 3. The third kappa shape index (κ3) is 10.9. The van der Waals surface area contributed by atoms with Crippen LogP contribution in [0.1, 0.15) is 44.2 Å². The Hall–Kier alpha value is -3.81. The predicted molar refractivity (Wildman–Crippen MR) is 176 cm³/mol. The van der Waals surface area contributed by atoms with Crippen LogP contribution in [-0.2, 0) is 20.7 Å². The quantitative estimate of drug-likeness (QED) is 0.189. The number of amides is 3. The second kappa shape index (κ2) is 16.8. The van der Waals surface area contributed by atoms with Crippen molar-refractivity contribution in [2.45, 2.75) is 57.9 Å². The number of halogens is 4. The molecule has 3 amide bonds. The number of carbonyl (C=O) groups excluding carboxylic acids is 2. The van der Waals surface area contributed by atoms with Gasteiger partial charge in [-0.3, -0.25) is 4.79 Å². The number of rotatable bonds is 11. The van der Waals surface area contributed by atoms with Crippen LogP contribution in [0.2, 0.25) is 5.02 Å². The van der Waals surface area contributed by atoms with Crippen LogP contribution in [0.25, 0.3) is 10.9 Å². The number of aliphatic carboxylic acids is 1. The topological polar surface area (TPSA) is 127 Å². The number of benzene rings is 2. The van der Waals surface area contributed by atoms with Gasteiger partial charge in [-0.25, -0.2) is 9.59 Å². The molecule has 0 bridgehead atoms. The zero-order chi connectivity index (χ0) is 34.9. The zero-order valence-electron chi connectivity index (χ0n) is 27.2. The van der Waals surface area contributed by atoms with Gasteiger partial charge in [0.15, 0.2) is 0 Å². The summed E-state index contributed by atoms with van der Waals surface area (Å²) in [4.78, 5) is 43.8. The molecule has 0 saturated heterocycles. The third-order valence-electron chi connectivity index (χ3n) is 7.64. The molecular weight excluding hydrogens is 639 g/mol. The Morgan fingerprint density at radius 1 is 1.15 bits per heavy atom. The number of fused-ring (bicyclic) bond motifs is 2. The van der Waals surface area contributed by atoms with E-state index >= 15 is 0 Å². The average Bonchev–Trinajstić information content (AvgIpc) is 3.42. The van der Waals surface area contributed by atoms with Crippen molar-refractivity contribution in [3.63, 3.8) is 0 Å². The number of aromatic nitrogens is 1. The lowest BCUT2D eigenvalue weighted by molar-refractivity contribution is -0.192. The van der Waals surface area contributed by atoms with E-state index in [4.69, 9.17) is 26.2 Å². The molecule has 3 aromatic rings. The number of hydrogen-bond donors (Lipinski definition) is 4. The lowest BCUT2D eigenvalue weighted by atomic mass is 9.88. The van der Waals surface area contributed by atoms with Gasteiger partial charge in [-0.1, -0.05) is 36.7 Å². The van der Waals surface area contributed by atoms with Gasteiger partial charge in [-0.05, 0) is 82.1 Å². The number of carboxylic acids is 1. The lowest BCUT2D eigenvalue weighted by Crippen LogP contribution is -2.56. The van der Waals surface area contributed by atoms with E-state index < -0.39 is 18.2 Å². The van der Waals surface area contributed by atoms with Crippen molar-refractivity contribution in [3.05, 3.63) is 64.8 Å². The van der Waals surface area contributed by atoms with Gasteiger partial charge in [-0.15, -0.1) is 0 Å². The molecule has 10 nitrogen and oxygen atoms in total. The first-order valence-corrected chi connectivity index (χ1v) is 15.7. The number of ether oxygens (including phenoxy) is 1. The number of H-pyrrole nitrogens is 1. The van der Waals surface area contributed by atoms with E-state index in [0.717, 1.165) is 40.7 Å². The summed E-state index contributed by atoms with van der Waals surface area (Å²) < 4.78 is 37.3. The van der Waals surface area contributed by atoms with Crippen molar-refractivity contribution in [2.75, 3.05) is 45.2 Å². The fourth-order valence-corrected chi connectivity index (χ4v) is 5.76. The third-order valence-corrected chi connectivity index (χ3v) is 7.87. The highest BCUT2D eigenvalue weighted by Crippen LogP contribution is 2.35. The van der Waals surface area contributed by atoms with Gasteiger partial charge in [0.2, 0.25) is 5.91 Å². The fraction of sp³-hybridized carbons (Fsp3) is 0.485. The number of alkyl halides is 3. The van der Waals surface area contributed by atoms with Gasteiger partial charge in [-0.2, -0.15) is 13.2 Å². The number of hydrogen-bond acceptors (Lipinski definition) is 5. The highest BCUT2D eigenvalue weighted by Gasteiger charge is 2.39. The second-order valence-corrected chi connectivity index (χ2v) is 12.5. The van der Waals surface area contributed by atoms with Crippen molar-refractivity contribution < 1.29 is 37.4 Å². The normalized spacial score (nSPS) is 15.9. The summed E-state index contributed by atoms with van der Waals surface area (Å²) in [6.07, 6.45) is -1.47. The molecule has 0 saturated carbocycles. The number of carbonyl (C=O) groups is 3. The van der Waals surface area contributed by atoms with Crippen LogP contribution < -0.4 is 15.5 Å². The van der Waals surface area contributed by atoms with Gasteiger partial charge in [0, 0.05) is 60.0 Å². The molecule has 1 aliphatic rings. The number of para-hydroxylation sites is 1. The van der Waals surface area contributed by atoms with Crippen LogP contribution in [0.3, 0.4) is 0 Å². The van der Waals surface area contributed by atoms with E-state index in [1.54, 1.807) is 0 Å². The Bertz CT molecular complexity index is 1510. The Morgan fingerprint density at radius 2 is 1.83 bits per heavy atom. The molecule has 0 spiro atoms. The number of carboxylic acid groups (broad SMARTS) is 1. The van der Waals surface area contributed by atoms with E-state index in [1.165, 1.54) is 0 Å². The maximum atomic E-state index is 14.4. The summed E-state index contributed by atoms with van der Waals surface area (Å²) in [5, 5.41) is 14.8. The molecule has 14 heteroatoms. The van der Waals surface area contributed by atoms with Crippen LogP contribution >= 0.6 is 11.6 Å². The minimum atomic E-state index is -5.08. The van der Waals surface area contributed by atoms with Gasteiger partial charge in [0.05, 0.1) is 6.10 Å². The molecule has 0 radical (unpaired) electrons. The summed E-state index contributed by atoms with van der Waals surface area (Å²) in [7, 11) is 4.08.